The first kappa shape index (κ1) is 15.0. The topological polar surface area (TPSA) is 29.5 Å². The monoisotopic (exact) mass is 292 g/mol. The maximum atomic E-state index is 9.82. The van der Waals surface area contributed by atoms with Gasteiger partial charge in [-0.15, -0.1) is 11.6 Å². The van der Waals surface area contributed by atoms with Crippen molar-refractivity contribution in [3.8, 4) is 11.5 Å². The summed E-state index contributed by atoms with van der Waals surface area (Å²) >= 11 is 6.09. The van der Waals surface area contributed by atoms with Crippen molar-refractivity contribution in [1.29, 1.82) is 0 Å². The first-order valence-corrected chi connectivity index (χ1v) is 7.63. The SMILES string of the molecule is CCC(Cl)CCCCOc1ccc(O)c2ccccc12. The fraction of sp³-hybridized carbons (Fsp3) is 0.412. The van der Waals surface area contributed by atoms with Gasteiger partial charge >= 0.3 is 0 Å². The van der Waals surface area contributed by atoms with Gasteiger partial charge in [0, 0.05) is 16.1 Å². The van der Waals surface area contributed by atoms with Crippen LogP contribution in [0.25, 0.3) is 10.8 Å². The van der Waals surface area contributed by atoms with Crippen LogP contribution in [0.15, 0.2) is 36.4 Å². The van der Waals surface area contributed by atoms with Crippen molar-refractivity contribution in [2.75, 3.05) is 6.61 Å². The number of hydrogen-bond acceptors (Lipinski definition) is 2. The lowest BCUT2D eigenvalue weighted by Gasteiger charge is -2.11. The number of unbranched alkanes of at least 4 members (excludes halogenated alkanes) is 1. The molecule has 0 aliphatic carbocycles. The molecule has 1 unspecified atom stereocenters. The molecule has 2 aromatic rings. The van der Waals surface area contributed by atoms with Crippen LogP contribution in [0.3, 0.4) is 0 Å². The summed E-state index contributed by atoms with van der Waals surface area (Å²) in [6.07, 6.45) is 4.14. The van der Waals surface area contributed by atoms with Crippen LogP contribution in [0.4, 0.5) is 0 Å². The number of phenolic OH excluding ortho intramolecular Hbond substituents is 1. The van der Waals surface area contributed by atoms with Gasteiger partial charge in [-0.3, -0.25) is 0 Å². The highest BCUT2D eigenvalue weighted by atomic mass is 35.5. The Hall–Kier alpha value is -1.41. The Bertz CT molecular complexity index is 554. The minimum absolute atomic E-state index is 0.282. The molecule has 0 heterocycles. The lowest BCUT2D eigenvalue weighted by molar-refractivity contribution is 0.308. The number of rotatable bonds is 7. The summed E-state index contributed by atoms with van der Waals surface area (Å²) < 4.78 is 5.84. The molecule has 2 aromatic carbocycles. The van der Waals surface area contributed by atoms with Crippen LogP contribution in [-0.2, 0) is 0 Å². The molecular formula is C17H21ClO2. The van der Waals surface area contributed by atoms with Crippen LogP contribution >= 0.6 is 11.6 Å². The Kier molecular flexibility index (Phi) is 5.54. The van der Waals surface area contributed by atoms with E-state index in [1.54, 1.807) is 6.07 Å². The Labute approximate surface area is 125 Å². The van der Waals surface area contributed by atoms with E-state index in [-0.39, 0.29) is 5.38 Å². The number of ether oxygens (including phenoxy) is 1. The van der Waals surface area contributed by atoms with Gasteiger partial charge < -0.3 is 9.84 Å². The van der Waals surface area contributed by atoms with Crippen LogP contribution in [0.5, 0.6) is 11.5 Å². The van der Waals surface area contributed by atoms with Crippen LogP contribution in [0, 0.1) is 0 Å². The lowest BCUT2D eigenvalue weighted by atomic mass is 10.1. The summed E-state index contributed by atoms with van der Waals surface area (Å²) in [6.45, 7) is 2.79. The third-order valence-corrected chi connectivity index (χ3v) is 4.00. The van der Waals surface area contributed by atoms with Crippen LogP contribution < -0.4 is 4.74 Å². The van der Waals surface area contributed by atoms with Crippen molar-refractivity contribution < 1.29 is 9.84 Å². The van der Waals surface area contributed by atoms with Crippen molar-refractivity contribution in [3.05, 3.63) is 36.4 Å². The number of benzene rings is 2. The van der Waals surface area contributed by atoms with E-state index in [0.29, 0.717) is 12.4 Å². The van der Waals surface area contributed by atoms with Gasteiger partial charge in [0.05, 0.1) is 6.61 Å². The molecule has 0 saturated carbocycles. The lowest BCUT2D eigenvalue weighted by Crippen LogP contribution is -2.01. The quantitative estimate of drug-likeness (QED) is 0.567. The normalized spacial score (nSPS) is 12.5. The molecule has 0 radical (unpaired) electrons. The summed E-state index contributed by atoms with van der Waals surface area (Å²) in [4.78, 5) is 0. The maximum Gasteiger partial charge on any atom is 0.127 e. The summed E-state index contributed by atoms with van der Waals surface area (Å²) in [5.74, 6) is 1.12. The number of halogens is 1. The molecule has 0 amide bonds. The number of hydrogen-bond donors (Lipinski definition) is 1. The number of alkyl halides is 1. The Morgan fingerprint density at radius 2 is 1.85 bits per heavy atom. The van der Waals surface area contributed by atoms with E-state index in [9.17, 15) is 5.11 Å². The summed E-state index contributed by atoms with van der Waals surface area (Å²) in [6, 6.07) is 11.2. The zero-order chi connectivity index (χ0) is 14.4. The summed E-state index contributed by atoms with van der Waals surface area (Å²) in [7, 11) is 0. The van der Waals surface area contributed by atoms with E-state index in [2.05, 4.69) is 6.92 Å². The molecule has 2 rings (SSSR count). The van der Waals surface area contributed by atoms with Gasteiger partial charge in [0.1, 0.15) is 11.5 Å². The largest absolute Gasteiger partial charge is 0.507 e. The minimum atomic E-state index is 0.282. The molecule has 2 nitrogen and oxygen atoms in total. The Balaban J connectivity index is 1.92. The molecule has 20 heavy (non-hydrogen) atoms. The highest BCUT2D eigenvalue weighted by molar-refractivity contribution is 6.20. The van der Waals surface area contributed by atoms with E-state index in [0.717, 1.165) is 42.2 Å². The van der Waals surface area contributed by atoms with Gasteiger partial charge in [0.2, 0.25) is 0 Å². The zero-order valence-corrected chi connectivity index (χ0v) is 12.6. The fourth-order valence-corrected chi connectivity index (χ4v) is 2.39. The van der Waals surface area contributed by atoms with E-state index in [4.69, 9.17) is 16.3 Å². The highest BCUT2D eigenvalue weighted by Crippen LogP contribution is 2.32. The predicted octanol–water partition coefficient (Wildman–Crippen LogP) is 5.11. The molecule has 0 aliphatic heterocycles. The molecule has 0 saturated heterocycles. The van der Waals surface area contributed by atoms with Gasteiger partial charge in [0.25, 0.3) is 0 Å². The van der Waals surface area contributed by atoms with E-state index in [1.807, 2.05) is 30.3 Å². The standard InChI is InChI=1S/C17H21ClO2/c1-2-13(18)7-5-6-12-20-17-11-10-16(19)14-8-3-4-9-15(14)17/h3-4,8-11,13,19H,2,5-7,12H2,1H3. The van der Waals surface area contributed by atoms with Crippen molar-refractivity contribution in [2.24, 2.45) is 0 Å². The average Bonchev–Trinajstić information content (AvgIpc) is 2.49. The average molecular weight is 293 g/mol. The molecule has 0 bridgehead atoms. The third-order valence-electron chi connectivity index (χ3n) is 3.47. The first-order valence-electron chi connectivity index (χ1n) is 7.20. The summed E-state index contributed by atoms with van der Waals surface area (Å²) in [5, 5.41) is 11.9. The van der Waals surface area contributed by atoms with Gasteiger partial charge in [-0.05, 0) is 37.8 Å². The van der Waals surface area contributed by atoms with E-state index < -0.39 is 0 Å². The fourth-order valence-electron chi connectivity index (χ4n) is 2.24. The second-order valence-corrected chi connectivity index (χ2v) is 5.60. The minimum Gasteiger partial charge on any atom is -0.507 e. The molecule has 108 valence electrons. The molecular weight excluding hydrogens is 272 g/mol. The zero-order valence-electron chi connectivity index (χ0n) is 11.8. The van der Waals surface area contributed by atoms with Crippen molar-refractivity contribution >= 4 is 22.4 Å². The molecule has 0 aliphatic rings. The van der Waals surface area contributed by atoms with Crippen molar-refractivity contribution in [3.63, 3.8) is 0 Å². The van der Waals surface area contributed by atoms with Gasteiger partial charge in [0.15, 0.2) is 0 Å². The molecule has 1 N–H and O–H groups in total. The van der Waals surface area contributed by atoms with Crippen LogP contribution in [0.1, 0.15) is 32.6 Å². The molecule has 0 spiro atoms. The van der Waals surface area contributed by atoms with Crippen molar-refractivity contribution in [2.45, 2.75) is 38.0 Å². The molecule has 3 heteroatoms. The third kappa shape index (κ3) is 3.80. The van der Waals surface area contributed by atoms with E-state index in [1.165, 1.54) is 0 Å². The number of aromatic hydroxyl groups is 1. The van der Waals surface area contributed by atoms with Crippen LogP contribution in [0.2, 0.25) is 0 Å². The molecule has 1 atom stereocenters. The van der Waals surface area contributed by atoms with Crippen molar-refractivity contribution in [1.82, 2.24) is 0 Å². The van der Waals surface area contributed by atoms with Gasteiger partial charge in [-0.25, -0.2) is 0 Å². The summed E-state index contributed by atoms with van der Waals surface area (Å²) in [5.41, 5.74) is 0. The van der Waals surface area contributed by atoms with Gasteiger partial charge in [-0.2, -0.15) is 0 Å². The Morgan fingerprint density at radius 1 is 1.10 bits per heavy atom. The predicted molar refractivity (Wildman–Crippen MR) is 84.9 cm³/mol. The Morgan fingerprint density at radius 3 is 2.60 bits per heavy atom. The van der Waals surface area contributed by atoms with E-state index >= 15 is 0 Å². The molecule has 0 fully saturated rings. The second-order valence-electron chi connectivity index (χ2n) is 4.98. The second kappa shape index (κ2) is 7.39. The number of phenols is 1. The maximum absolute atomic E-state index is 9.82. The number of fused-ring (bicyclic) bond motifs is 1. The first-order chi connectivity index (χ1) is 9.72. The highest BCUT2D eigenvalue weighted by Gasteiger charge is 2.06. The smallest absolute Gasteiger partial charge is 0.127 e. The molecule has 0 aromatic heterocycles. The van der Waals surface area contributed by atoms with Crippen LogP contribution in [-0.4, -0.2) is 17.1 Å². The van der Waals surface area contributed by atoms with Gasteiger partial charge in [-0.1, -0.05) is 31.2 Å².